The molecule has 126 valence electrons. The highest BCUT2D eigenvalue weighted by molar-refractivity contribution is 5.93. The molecule has 1 fully saturated rings. The van der Waals surface area contributed by atoms with Crippen molar-refractivity contribution < 1.29 is 4.79 Å². The van der Waals surface area contributed by atoms with E-state index < -0.39 is 0 Å². The van der Waals surface area contributed by atoms with Crippen LogP contribution in [0.5, 0.6) is 0 Å². The number of nitrogens with zero attached hydrogens (tertiary/aromatic N) is 1. The zero-order valence-corrected chi connectivity index (χ0v) is 14.8. The minimum absolute atomic E-state index is 0.0235. The van der Waals surface area contributed by atoms with Crippen molar-refractivity contribution in [2.24, 2.45) is 5.41 Å². The third kappa shape index (κ3) is 3.08. The van der Waals surface area contributed by atoms with Crippen LogP contribution in [0.3, 0.4) is 0 Å². The molecule has 24 heavy (non-hydrogen) atoms. The highest BCUT2D eigenvalue weighted by Gasteiger charge is 2.66. The second-order valence-electron chi connectivity index (χ2n) is 7.55. The van der Waals surface area contributed by atoms with Gasteiger partial charge in [-0.2, -0.15) is 0 Å². The lowest BCUT2D eigenvalue weighted by atomic mass is 9.86. The fraction of sp³-hybridized carbons (Fsp3) is 0.429. The first-order valence-electron chi connectivity index (χ1n) is 8.70. The number of hydrogen-bond donors (Lipinski definition) is 1. The molecule has 3 heteroatoms. The van der Waals surface area contributed by atoms with Gasteiger partial charge in [-0.1, -0.05) is 49.7 Å². The van der Waals surface area contributed by atoms with Crippen LogP contribution in [0.1, 0.15) is 43.4 Å². The number of aryl methyl sites for hydroxylation is 2. The summed E-state index contributed by atoms with van der Waals surface area (Å²) in [5.74, 6) is 0.169. The number of rotatable bonds is 6. The number of pyridine rings is 1. The van der Waals surface area contributed by atoms with Crippen LogP contribution < -0.4 is 5.32 Å². The van der Waals surface area contributed by atoms with Crippen LogP contribution in [-0.2, 0) is 16.6 Å². The number of carbonyl (C=O) groups excluding carboxylic acids is 1. The van der Waals surface area contributed by atoms with Gasteiger partial charge >= 0.3 is 0 Å². The SMILES string of the molecule is Cc1ccc(C2(C(=O)NCCCc3cccnc3)CC2(C)C)cc1. The van der Waals surface area contributed by atoms with Crippen LogP contribution in [0.2, 0.25) is 0 Å². The van der Waals surface area contributed by atoms with Gasteiger partial charge in [0.25, 0.3) is 0 Å². The number of amides is 1. The maximum Gasteiger partial charge on any atom is 0.231 e. The van der Waals surface area contributed by atoms with E-state index in [0.29, 0.717) is 6.54 Å². The third-order valence-corrected chi connectivity index (χ3v) is 5.32. The molecule has 1 aliphatic rings. The molecule has 3 nitrogen and oxygen atoms in total. The number of nitrogens with one attached hydrogen (secondary N) is 1. The Hall–Kier alpha value is -2.16. The third-order valence-electron chi connectivity index (χ3n) is 5.32. The summed E-state index contributed by atoms with van der Waals surface area (Å²) < 4.78 is 0. The van der Waals surface area contributed by atoms with E-state index in [1.807, 2.05) is 12.3 Å². The highest BCUT2D eigenvalue weighted by atomic mass is 16.2. The minimum Gasteiger partial charge on any atom is -0.355 e. The van der Waals surface area contributed by atoms with Gasteiger partial charge in [0.05, 0.1) is 5.41 Å². The van der Waals surface area contributed by atoms with Crippen molar-refractivity contribution in [1.82, 2.24) is 10.3 Å². The van der Waals surface area contributed by atoms with Crippen LogP contribution in [-0.4, -0.2) is 17.4 Å². The van der Waals surface area contributed by atoms with Crippen molar-refractivity contribution in [3.05, 3.63) is 65.5 Å². The fourth-order valence-electron chi connectivity index (χ4n) is 3.66. The van der Waals surface area contributed by atoms with Gasteiger partial charge in [0.2, 0.25) is 5.91 Å². The van der Waals surface area contributed by atoms with Crippen LogP contribution in [0.25, 0.3) is 0 Å². The quantitative estimate of drug-likeness (QED) is 0.822. The predicted molar refractivity (Wildman–Crippen MR) is 96.8 cm³/mol. The second kappa shape index (κ2) is 6.39. The molecule has 1 amide bonds. The molecule has 1 aromatic heterocycles. The van der Waals surface area contributed by atoms with Gasteiger partial charge in [-0.15, -0.1) is 0 Å². The maximum atomic E-state index is 12.9. The molecule has 0 saturated heterocycles. The maximum absolute atomic E-state index is 12.9. The van der Waals surface area contributed by atoms with Crippen LogP contribution in [0.15, 0.2) is 48.8 Å². The van der Waals surface area contributed by atoms with Gasteiger partial charge in [0, 0.05) is 18.9 Å². The summed E-state index contributed by atoms with van der Waals surface area (Å²) >= 11 is 0. The average molecular weight is 322 g/mol. The van der Waals surface area contributed by atoms with Crippen molar-refractivity contribution in [2.75, 3.05) is 6.54 Å². The molecule has 1 N–H and O–H groups in total. The fourth-order valence-corrected chi connectivity index (χ4v) is 3.66. The minimum atomic E-state index is -0.366. The van der Waals surface area contributed by atoms with Gasteiger partial charge in [-0.25, -0.2) is 0 Å². The van der Waals surface area contributed by atoms with Crippen molar-refractivity contribution in [1.29, 1.82) is 0 Å². The second-order valence-corrected chi connectivity index (χ2v) is 7.55. The number of hydrogen-bond acceptors (Lipinski definition) is 2. The Balaban J connectivity index is 1.61. The van der Waals surface area contributed by atoms with E-state index >= 15 is 0 Å². The zero-order valence-electron chi connectivity index (χ0n) is 14.8. The topological polar surface area (TPSA) is 42.0 Å². The van der Waals surface area contributed by atoms with E-state index in [1.165, 1.54) is 11.1 Å². The molecule has 0 spiro atoms. The van der Waals surface area contributed by atoms with Gasteiger partial charge in [0.1, 0.15) is 0 Å². The van der Waals surface area contributed by atoms with E-state index in [0.717, 1.165) is 24.8 Å². The first-order chi connectivity index (χ1) is 11.5. The van der Waals surface area contributed by atoms with E-state index in [2.05, 4.69) is 61.4 Å². The van der Waals surface area contributed by atoms with E-state index in [4.69, 9.17) is 0 Å². The van der Waals surface area contributed by atoms with Gasteiger partial charge < -0.3 is 5.32 Å². The molecule has 1 unspecified atom stereocenters. The Labute approximate surface area is 144 Å². The standard InChI is InChI=1S/C21H26N2O/c1-16-8-10-18(11-9-16)21(15-20(21,2)3)19(24)23-13-5-7-17-6-4-12-22-14-17/h4,6,8-12,14H,5,7,13,15H2,1-3H3,(H,23,24). The van der Waals surface area contributed by atoms with E-state index in [-0.39, 0.29) is 16.7 Å². The molecule has 1 aromatic carbocycles. The lowest BCUT2D eigenvalue weighted by molar-refractivity contribution is -0.124. The Morgan fingerprint density at radius 2 is 1.92 bits per heavy atom. The first kappa shape index (κ1) is 16.7. The first-order valence-corrected chi connectivity index (χ1v) is 8.70. The summed E-state index contributed by atoms with van der Waals surface area (Å²) in [6, 6.07) is 12.4. The molecule has 1 saturated carbocycles. The average Bonchev–Trinajstić information content (AvgIpc) is 3.17. The molecule has 0 radical (unpaired) electrons. The smallest absolute Gasteiger partial charge is 0.231 e. The molecule has 1 heterocycles. The van der Waals surface area contributed by atoms with E-state index in [9.17, 15) is 4.79 Å². The summed E-state index contributed by atoms with van der Waals surface area (Å²) in [5.41, 5.74) is 3.24. The number of benzene rings is 1. The molecule has 1 aliphatic carbocycles. The lowest BCUT2D eigenvalue weighted by Crippen LogP contribution is -2.38. The molecule has 0 aliphatic heterocycles. The molecule has 2 aromatic rings. The Morgan fingerprint density at radius 3 is 2.50 bits per heavy atom. The van der Waals surface area contributed by atoms with Crippen molar-refractivity contribution in [2.45, 2.75) is 45.4 Å². The summed E-state index contributed by atoms with van der Waals surface area (Å²) in [7, 11) is 0. The van der Waals surface area contributed by atoms with Gasteiger partial charge in [-0.05, 0) is 48.8 Å². The largest absolute Gasteiger partial charge is 0.355 e. The highest BCUT2D eigenvalue weighted by Crippen LogP contribution is 2.64. The van der Waals surface area contributed by atoms with Crippen LogP contribution >= 0.6 is 0 Å². The molecule has 1 atom stereocenters. The van der Waals surface area contributed by atoms with Crippen molar-refractivity contribution >= 4 is 5.91 Å². The summed E-state index contributed by atoms with van der Waals surface area (Å²) in [5, 5.41) is 3.17. The summed E-state index contributed by atoms with van der Waals surface area (Å²) in [6.07, 6.45) is 6.46. The van der Waals surface area contributed by atoms with Crippen molar-refractivity contribution in [3.63, 3.8) is 0 Å². The molecule has 3 rings (SSSR count). The zero-order chi connectivity index (χ0) is 17.2. The Kier molecular flexibility index (Phi) is 4.44. The molecular weight excluding hydrogens is 296 g/mol. The summed E-state index contributed by atoms with van der Waals surface area (Å²) in [4.78, 5) is 17.0. The van der Waals surface area contributed by atoms with Gasteiger partial charge in [0.15, 0.2) is 0 Å². The Morgan fingerprint density at radius 1 is 1.21 bits per heavy atom. The Bertz CT molecular complexity index is 706. The summed E-state index contributed by atoms with van der Waals surface area (Å²) in [6.45, 7) is 7.15. The van der Waals surface area contributed by atoms with Gasteiger partial charge in [-0.3, -0.25) is 9.78 Å². The predicted octanol–water partition coefficient (Wildman–Crippen LogP) is 3.81. The van der Waals surface area contributed by atoms with Crippen LogP contribution in [0.4, 0.5) is 0 Å². The lowest BCUT2D eigenvalue weighted by Gasteiger charge is -2.21. The molecular formula is C21H26N2O. The number of aromatic nitrogens is 1. The monoisotopic (exact) mass is 322 g/mol. The van der Waals surface area contributed by atoms with E-state index in [1.54, 1.807) is 6.20 Å². The number of carbonyl (C=O) groups is 1. The van der Waals surface area contributed by atoms with Crippen LogP contribution in [0, 0.1) is 12.3 Å². The normalized spacial score (nSPS) is 21.3. The van der Waals surface area contributed by atoms with Crippen molar-refractivity contribution in [3.8, 4) is 0 Å². The molecule has 0 bridgehead atoms.